The summed E-state index contributed by atoms with van der Waals surface area (Å²) in [5.41, 5.74) is 3.14. The predicted octanol–water partition coefficient (Wildman–Crippen LogP) is 2.28. The molecule has 0 saturated carbocycles. The number of nitrogens with one attached hydrogen (secondary N) is 2. The van der Waals surface area contributed by atoms with Crippen LogP contribution in [0, 0.1) is 6.92 Å². The summed E-state index contributed by atoms with van der Waals surface area (Å²) in [6, 6.07) is 14.0. The topological polar surface area (TPSA) is 86.8 Å². The van der Waals surface area contributed by atoms with Crippen molar-refractivity contribution in [2.24, 2.45) is 0 Å². The zero-order valence-corrected chi connectivity index (χ0v) is 16.1. The Bertz CT molecular complexity index is 937. The highest BCUT2D eigenvalue weighted by Crippen LogP contribution is 2.28. The second-order valence-corrected chi connectivity index (χ2v) is 7.34. The summed E-state index contributed by atoms with van der Waals surface area (Å²) in [4.78, 5) is 23.2. The number of benzene rings is 1. The summed E-state index contributed by atoms with van der Waals surface area (Å²) >= 11 is 0. The minimum absolute atomic E-state index is 0.0143. The first-order valence-corrected chi connectivity index (χ1v) is 9.47. The molecule has 0 bridgehead atoms. The highest BCUT2D eigenvalue weighted by atomic mass is 16.1. The Morgan fingerprint density at radius 1 is 1.21 bits per heavy atom. The average Bonchev–Trinajstić information content (AvgIpc) is 3.31. The Labute approximate surface area is 164 Å². The molecule has 2 aromatic heterocycles. The smallest absolute Gasteiger partial charge is 0.217 e. The molecule has 1 aliphatic rings. The average molecular weight is 376 g/mol. The SMILES string of the molecule is CC(=O)N[C@@H]1CN(Cc2ccc(C)cn2)C[C@H]1c1nc(-c2ccccc2)n[nH]1. The van der Waals surface area contributed by atoms with E-state index in [0.717, 1.165) is 42.3 Å². The number of H-pyrrole nitrogens is 1. The number of pyridine rings is 1. The molecule has 28 heavy (non-hydrogen) atoms. The normalized spacial score (nSPS) is 19.6. The molecule has 1 aliphatic heterocycles. The van der Waals surface area contributed by atoms with Gasteiger partial charge in [0, 0.05) is 38.3 Å². The van der Waals surface area contributed by atoms with Gasteiger partial charge in [0.25, 0.3) is 0 Å². The number of nitrogens with zero attached hydrogens (tertiary/aromatic N) is 4. The minimum Gasteiger partial charge on any atom is -0.352 e. The Morgan fingerprint density at radius 2 is 2.04 bits per heavy atom. The molecule has 7 heteroatoms. The summed E-state index contributed by atoms with van der Waals surface area (Å²) < 4.78 is 0. The van der Waals surface area contributed by atoms with Crippen LogP contribution in [0.2, 0.25) is 0 Å². The molecule has 0 aliphatic carbocycles. The van der Waals surface area contributed by atoms with Crippen molar-refractivity contribution >= 4 is 5.91 Å². The van der Waals surface area contributed by atoms with Gasteiger partial charge < -0.3 is 5.32 Å². The van der Waals surface area contributed by atoms with Gasteiger partial charge in [0.2, 0.25) is 5.91 Å². The molecule has 3 aromatic rings. The van der Waals surface area contributed by atoms with Crippen LogP contribution in [0.1, 0.15) is 29.9 Å². The van der Waals surface area contributed by atoms with Gasteiger partial charge in [-0.3, -0.25) is 19.8 Å². The number of hydrogen-bond acceptors (Lipinski definition) is 5. The molecule has 0 unspecified atom stereocenters. The zero-order chi connectivity index (χ0) is 19.5. The lowest BCUT2D eigenvalue weighted by atomic mass is 10.0. The largest absolute Gasteiger partial charge is 0.352 e. The van der Waals surface area contributed by atoms with Crippen LogP contribution in [-0.4, -0.2) is 50.1 Å². The lowest BCUT2D eigenvalue weighted by Gasteiger charge is -2.16. The zero-order valence-electron chi connectivity index (χ0n) is 16.1. The summed E-state index contributed by atoms with van der Waals surface area (Å²) in [6.07, 6.45) is 1.89. The van der Waals surface area contributed by atoms with Crippen LogP contribution in [0.15, 0.2) is 48.7 Å². The van der Waals surface area contributed by atoms with E-state index in [9.17, 15) is 4.79 Å². The number of carbonyl (C=O) groups is 1. The van der Waals surface area contributed by atoms with Crippen molar-refractivity contribution < 1.29 is 4.79 Å². The summed E-state index contributed by atoms with van der Waals surface area (Å²) in [5.74, 6) is 1.50. The van der Waals surface area contributed by atoms with Crippen molar-refractivity contribution in [1.82, 2.24) is 30.4 Å². The highest BCUT2D eigenvalue weighted by Gasteiger charge is 2.36. The molecule has 0 radical (unpaired) electrons. The van der Waals surface area contributed by atoms with E-state index in [1.165, 1.54) is 0 Å². The minimum atomic E-state index is -0.0342. The van der Waals surface area contributed by atoms with E-state index in [0.29, 0.717) is 5.82 Å². The third kappa shape index (κ3) is 4.09. The van der Waals surface area contributed by atoms with Gasteiger partial charge in [-0.15, -0.1) is 0 Å². The molecule has 4 rings (SSSR count). The third-order valence-electron chi connectivity index (χ3n) is 5.03. The fourth-order valence-corrected chi connectivity index (χ4v) is 3.68. The monoisotopic (exact) mass is 376 g/mol. The molecule has 1 aromatic carbocycles. The summed E-state index contributed by atoms with van der Waals surface area (Å²) in [6.45, 7) is 5.86. The van der Waals surface area contributed by atoms with Crippen molar-refractivity contribution in [3.05, 3.63) is 65.7 Å². The molecule has 1 amide bonds. The van der Waals surface area contributed by atoms with Gasteiger partial charge in [-0.25, -0.2) is 4.98 Å². The maximum absolute atomic E-state index is 11.7. The number of rotatable bonds is 5. The summed E-state index contributed by atoms with van der Waals surface area (Å²) in [7, 11) is 0. The number of amides is 1. The van der Waals surface area contributed by atoms with Gasteiger partial charge >= 0.3 is 0 Å². The van der Waals surface area contributed by atoms with Crippen LogP contribution in [-0.2, 0) is 11.3 Å². The number of aromatic nitrogens is 4. The van der Waals surface area contributed by atoms with Gasteiger partial charge in [0.05, 0.1) is 17.7 Å². The molecule has 2 atom stereocenters. The lowest BCUT2D eigenvalue weighted by molar-refractivity contribution is -0.119. The Hall–Kier alpha value is -3.06. The fourth-order valence-electron chi connectivity index (χ4n) is 3.68. The number of hydrogen-bond donors (Lipinski definition) is 2. The number of carbonyl (C=O) groups excluding carboxylic acids is 1. The van der Waals surface area contributed by atoms with E-state index in [1.54, 1.807) is 6.92 Å². The van der Waals surface area contributed by atoms with Crippen LogP contribution in [0.5, 0.6) is 0 Å². The van der Waals surface area contributed by atoms with E-state index >= 15 is 0 Å². The van der Waals surface area contributed by atoms with E-state index in [4.69, 9.17) is 4.98 Å². The van der Waals surface area contributed by atoms with E-state index < -0.39 is 0 Å². The van der Waals surface area contributed by atoms with Gasteiger partial charge in [-0.05, 0) is 18.6 Å². The maximum Gasteiger partial charge on any atom is 0.217 e. The van der Waals surface area contributed by atoms with Gasteiger partial charge in [0.1, 0.15) is 5.82 Å². The van der Waals surface area contributed by atoms with Gasteiger partial charge in [-0.1, -0.05) is 36.4 Å². The van der Waals surface area contributed by atoms with Crippen LogP contribution < -0.4 is 5.32 Å². The van der Waals surface area contributed by atoms with E-state index in [1.807, 2.05) is 43.5 Å². The van der Waals surface area contributed by atoms with Gasteiger partial charge in [-0.2, -0.15) is 5.10 Å². The molecule has 0 spiro atoms. The van der Waals surface area contributed by atoms with Crippen molar-refractivity contribution in [3.8, 4) is 11.4 Å². The Morgan fingerprint density at radius 3 is 2.75 bits per heavy atom. The molecular weight excluding hydrogens is 352 g/mol. The highest BCUT2D eigenvalue weighted by molar-refractivity contribution is 5.73. The molecule has 144 valence electrons. The van der Waals surface area contributed by atoms with Crippen molar-refractivity contribution in [1.29, 1.82) is 0 Å². The number of aromatic amines is 1. The predicted molar refractivity (Wildman–Crippen MR) is 106 cm³/mol. The first kappa shape index (κ1) is 18.3. The Kier molecular flexibility index (Phi) is 5.16. The van der Waals surface area contributed by atoms with Crippen molar-refractivity contribution in [2.45, 2.75) is 32.4 Å². The van der Waals surface area contributed by atoms with Crippen molar-refractivity contribution in [2.75, 3.05) is 13.1 Å². The molecule has 1 fully saturated rings. The quantitative estimate of drug-likeness (QED) is 0.713. The molecular formula is C21H24N6O. The first-order chi connectivity index (χ1) is 13.6. The van der Waals surface area contributed by atoms with Crippen LogP contribution in [0.25, 0.3) is 11.4 Å². The Balaban J connectivity index is 1.53. The summed E-state index contributed by atoms with van der Waals surface area (Å²) in [5, 5.41) is 10.5. The second kappa shape index (κ2) is 7.90. The van der Waals surface area contributed by atoms with Crippen LogP contribution in [0.3, 0.4) is 0 Å². The molecule has 1 saturated heterocycles. The van der Waals surface area contributed by atoms with E-state index in [2.05, 4.69) is 37.5 Å². The standard InChI is InChI=1S/C21H24N6O/c1-14-8-9-17(22-10-14)11-27-12-18(19(13-27)23-15(2)28)21-24-20(25-26-21)16-6-4-3-5-7-16/h3-10,18-19H,11-13H2,1-2H3,(H,23,28)(H,24,25,26)/t18-,19-/m1/s1. The van der Waals surface area contributed by atoms with Crippen LogP contribution >= 0.6 is 0 Å². The second-order valence-electron chi connectivity index (χ2n) is 7.34. The van der Waals surface area contributed by atoms with Gasteiger partial charge in [0.15, 0.2) is 5.82 Å². The third-order valence-corrected chi connectivity index (χ3v) is 5.03. The molecule has 7 nitrogen and oxygen atoms in total. The number of likely N-dealkylation sites (tertiary alicyclic amines) is 1. The van der Waals surface area contributed by atoms with Crippen molar-refractivity contribution in [3.63, 3.8) is 0 Å². The molecule has 3 heterocycles. The van der Waals surface area contributed by atoms with Crippen LogP contribution in [0.4, 0.5) is 0 Å². The number of aryl methyl sites for hydroxylation is 1. The first-order valence-electron chi connectivity index (χ1n) is 9.47. The lowest BCUT2D eigenvalue weighted by Crippen LogP contribution is -2.38. The fraction of sp³-hybridized carbons (Fsp3) is 0.333. The maximum atomic E-state index is 11.7. The molecule has 2 N–H and O–H groups in total. The van der Waals surface area contributed by atoms with E-state index in [-0.39, 0.29) is 17.9 Å².